The Morgan fingerprint density at radius 3 is 1.73 bits per heavy atom. The quantitative estimate of drug-likeness (QED) is 0.174. The molecule has 3 N–H and O–H groups in total. The van der Waals surface area contributed by atoms with Crippen molar-refractivity contribution in [3.8, 4) is 0 Å². The molecule has 0 radical (unpaired) electrons. The van der Waals surface area contributed by atoms with Gasteiger partial charge in [0, 0.05) is 53.2 Å². The fourth-order valence-electron chi connectivity index (χ4n) is 4.00. The molecule has 4 aromatic carbocycles. The first kappa shape index (κ1) is 25.7. The maximum Gasteiger partial charge on any atom is 0.269 e. The Hall–Kier alpha value is -5.91. The van der Waals surface area contributed by atoms with E-state index in [1.807, 2.05) is 12.1 Å². The number of H-pyrrole nitrogens is 1. The van der Waals surface area contributed by atoms with E-state index in [2.05, 4.69) is 20.6 Å². The zero-order chi connectivity index (χ0) is 28.2. The van der Waals surface area contributed by atoms with Gasteiger partial charge in [-0.25, -0.2) is 4.98 Å². The number of hydrogen-bond acceptors (Lipinski definition) is 7. The summed E-state index contributed by atoms with van der Waals surface area (Å²) < 4.78 is 0. The number of carbonyl (C=O) groups excluding carboxylic acids is 2. The van der Waals surface area contributed by atoms with E-state index in [0.717, 1.165) is 16.6 Å². The number of aromatic amines is 1. The van der Waals surface area contributed by atoms with E-state index in [4.69, 9.17) is 0 Å². The number of nitrogens with one attached hydrogen (secondary N) is 3. The molecule has 12 nitrogen and oxygen atoms in total. The van der Waals surface area contributed by atoms with Crippen LogP contribution in [0.5, 0.6) is 0 Å². The van der Waals surface area contributed by atoms with E-state index in [1.54, 1.807) is 30.3 Å². The van der Waals surface area contributed by atoms with Gasteiger partial charge in [0.05, 0.1) is 20.9 Å². The molecule has 0 saturated carbocycles. The van der Waals surface area contributed by atoms with Crippen molar-refractivity contribution in [2.75, 3.05) is 10.6 Å². The Labute approximate surface area is 226 Å². The highest BCUT2D eigenvalue weighted by molar-refractivity contribution is 6.05. The third-order valence-corrected chi connectivity index (χ3v) is 6.05. The highest BCUT2D eigenvalue weighted by Crippen LogP contribution is 2.21. The molecule has 1 aromatic heterocycles. The second-order valence-corrected chi connectivity index (χ2v) is 8.81. The molecule has 0 atom stereocenters. The van der Waals surface area contributed by atoms with Crippen molar-refractivity contribution in [1.29, 1.82) is 0 Å². The fourth-order valence-corrected chi connectivity index (χ4v) is 4.00. The zero-order valence-corrected chi connectivity index (χ0v) is 20.7. The molecule has 0 unspecified atom stereocenters. The lowest BCUT2D eigenvalue weighted by Gasteiger charge is -2.06. The Morgan fingerprint density at radius 2 is 1.20 bits per heavy atom. The van der Waals surface area contributed by atoms with Crippen molar-refractivity contribution in [3.05, 3.63) is 134 Å². The number of nitrogens with zero attached hydrogens (tertiary/aromatic N) is 3. The van der Waals surface area contributed by atoms with Crippen LogP contribution < -0.4 is 10.6 Å². The topological polar surface area (TPSA) is 173 Å². The number of benzene rings is 4. The third-order valence-electron chi connectivity index (χ3n) is 6.05. The smallest absolute Gasteiger partial charge is 0.269 e. The van der Waals surface area contributed by atoms with Gasteiger partial charge < -0.3 is 15.6 Å². The van der Waals surface area contributed by atoms with Gasteiger partial charge in [0.25, 0.3) is 23.2 Å². The van der Waals surface area contributed by atoms with Gasteiger partial charge in [0.1, 0.15) is 5.82 Å². The molecule has 0 aliphatic heterocycles. The molecular weight excluding hydrogens is 516 g/mol. The average molecular weight is 537 g/mol. The summed E-state index contributed by atoms with van der Waals surface area (Å²) in [7, 11) is 0. The molecule has 0 spiro atoms. The first-order valence-corrected chi connectivity index (χ1v) is 11.9. The van der Waals surface area contributed by atoms with Crippen LogP contribution in [0.2, 0.25) is 0 Å². The van der Waals surface area contributed by atoms with Crippen LogP contribution in [0.4, 0.5) is 22.7 Å². The Balaban J connectivity index is 1.21. The van der Waals surface area contributed by atoms with Gasteiger partial charge in [0.2, 0.25) is 0 Å². The number of nitro groups is 2. The lowest BCUT2D eigenvalue weighted by Crippen LogP contribution is -2.11. The van der Waals surface area contributed by atoms with Crippen molar-refractivity contribution < 1.29 is 19.4 Å². The van der Waals surface area contributed by atoms with Gasteiger partial charge in [-0.15, -0.1) is 0 Å². The van der Waals surface area contributed by atoms with Crippen LogP contribution in [0.3, 0.4) is 0 Å². The monoisotopic (exact) mass is 536 g/mol. The zero-order valence-electron chi connectivity index (χ0n) is 20.7. The summed E-state index contributed by atoms with van der Waals surface area (Å²) in [6, 6.07) is 23.2. The normalized spacial score (nSPS) is 10.7. The molecule has 0 aliphatic rings. The predicted molar refractivity (Wildman–Crippen MR) is 147 cm³/mol. The molecule has 2 amide bonds. The summed E-state index contributed by atoms with van der Waals surface area (Å²) in [6.45, 7) is 0. The molecule has 40 heavy (non-hydrogen) atoms. The second-order valence-electron chi connectivity index (χ2n) is 8.81. The van der Waals surface area contributed by atoms with Crippen LogP contribution >= 0.6 is 0 Å². The van der Waals surface area contributed by atoms with Gasteiger partial charge in [-0.3, -0.25) is 29.8 Å². The molecule has 0 aliphatic carbocycles. The first-order chi connectivity index (χ1) is 19.2. The van der Waals surface area contributed by atoms with E-state index in [9.17, 15) is 29.8 Å². The largest absolute Gasteiger partial charge is 0.342 e. The fraction of sp³-hybridized carbons (Fsp3) is 0.0357. The number of anilines is 2. The lowest BCUT2D eigenvalue weighted by atomic mass is 10.1. The Kier molecular flexibility index (Phi) is 6.97. The van der Waals surface area contributed by atoms with Crippen LogP contribution in [0.15, 0.2) is 91.0 Å². The molecule has 5 rings (SSSR count). The van der Waals surface area contributed by atoms with E-state index in [0.29, 0.717) is 34.7 Å². The summed E-state index contributed by atoms with van der Waals surface area (Å²) in [6.07, 6.45) is 0.496. The van der Waals surface area contributed by atoms with E-state index >= 15 is 0 Å². The summed E-state index contributed by atoms with van der Waals surface area (Å²) in [5.74, 6) is -0.0670. The molecule has 5 aromatic rings. The van der Waals surface area contributed by atoms with Crippen LogP contribution in [0.1, 0.15) is 32.1 Å². The first-order valence-electron chi connectivity index (χ1n) is 11.9. The molecular formula is C28H20N6O6. The number of carbonyl (C=O) groups is 2. The van der Waals surface area contributed by atoms with Gasteiger partial charge >= 0.3 is 0 Å². The van der Waals surface area contributed by atoms with E-state index < -0.39 is 15.8 Å². The molecule has 0 bridgehead atoms. The number of rotatable bonds is 8. The molecule has 12 heteroatoms. The third kappa shape index (κ3) is 5.81. The number of amides is 2. The number of imidazole rings is 1. The predicted octanol–water partition coefficient (Wildman–Crippen LogP) is 5.47. The van der Waals surface area contributed by atoms with Crippen molar-refractivity contribution >= 4 is 45.6 Å². The number of hydrogen-bond donors (Lipinski definition) is 3. The molecule has 0 saturated heterocycles. The minimum absolute atomic E-state index is 0.0882. The van der Waals surface area contributed by atoms with E-state index in [-0.39, 0.29) is 17.3 Å². The van der Waals surface area contributed by atoms with Crippen molar-refractivity contribution in [1.82, 2.24) is 9.97 Å². The summed E-state index contributed by atoms with van der Waals surface area (Å²) in [4.78, 5) is 53.3. The average Bonchev–Trinajstić information content (AvgIpc) is 3.35. The molecule has 198 valence electrons. The van der Waals surface area contributed by atoms with Gasteiger partial charge in [-0.2, -0.15) is 0 Å². The van der Waals surface area contributed by atoms with Gasteiger partial charge in [0.15, 0.2) is 0 Å². The standard InChI is InChI=1S/C28H20N6O6/c35-27(18-3-10-22(11-4-18)33(37)38)29-20-7-1-17(2-8-20)15-26-31-24-14-9-21(16-25(24)32-26)30-28(36)19-5-12-23(13-6-19)34(39)40/h1-14,16H,15H2,(H,29,35)(H,30,36)(H,31,32). The number of aromatic nitrogens is 2. The number of fused-ring (bicyclic) bond motifs is 1. The van der Waals surface area contributed by atoms with Crippen molar-refractivity contribution in [2.45, 2.75) is 6.42 Å². The van der Waals surface area contributed by atoms with Crippen LogP contribution in [0.25, 0.3) is 11.0 Å². The Morgan fingerprint density at radius 1 is 0.700 bits per heavy atom. The Bertz CT molecular complexity index is 1750. The summed E-state index contributed by atoms with van der Waals surface area (Å²) >= 11 is 0. The highest BCUT2D eigenvalue weighted by atomic mass is 16.6. The van der Waals surface area contributed by atoms with Gasteiger partial charge in [-0.05, 0) is 60.2 Å². The second kappa shape index (κ2) is 10.8. The summed E-state index contributed by atoms with van der Waals surface area (Å²) in [5, 5.41) is 27.1. The van der Waals surface area contributed by atoms with Crippen molar-refractivity contribution in [2.24, 2.45) is 0 Å². The molecule has 1 heterocycles. The minimum atomic E-state index is -0.526. The molecule has 0 fully saturated rings. The van der Waals surface area contributed by atoms with Gasteiger partial charge in [-0.1, -0.05) is 12.1 Å². The number of nitro benzene ring substituents is 2. The van der Waals surface area contributed by atoms with Crippen LogP contribution in [-0.2, 0) is 6.42 Å². The van der Waals surface area contributed by atoms with Crippen LogP contribution in [0, 0.1) is 20.2 Å². The lowest BCUT2D eigenvalue weighted by molar-refractivity contribution is -0.385. The minimum Gasteiger partial charge on any atom is -0.342 e. The maximum atomic E-state index is 12.5. The number of non-ortho nitro benzene ring substituents is 2. The van der Waals surface area contributed by atoms with Crippen molar-refractivity contribution in [3.63, 3.8) is 0 Å². The summed E-state index contributed by atoms with van der Waals surface area (Å²) in [5.41, 5.74) is 3.92. The van der Waals surface area contributed by atoms with Crippen LogP contribution in [-0.4, -0.2) is 31.6 Å². The highest BCUT2D eigenvalue weighted by Gasteiger charge is 2.12. The van der Waals surface area contributed by atoms with E-state index in [1.165, 1.54) is 48.5 Å². The maximum absolute atomic E-state index is 12.5. The SMILES string of the molecule is O=C(Nc1ccc(Cc2nc3ccc(NC(=O)c4ccc([N+](=O)[O-])cc4)cc3[nH]2)cc1)c1ccc([N+](=O)[O-])cc1.